The first-order valence-corrected chi connectivity index (χ1v) is 8.40. The molecule has 1 N–H and O–H groups in total. The smallest absolute Gasteiger partial charge is 0.185 e. The SMILES string of the molecule is Cc1nc(N(C)Cc2cscn2)sc1CNC(C)(C)C. The lowest BCUT2D eigenvalue weighted by Crippen LogP contribution is -2.34. The van der Waals surface area contributed by atoms with Crippen molar-refractivity contribution in [1.29, 1.82) is 0 Å². The van der Waals surface area contributed by atoms with E-state index in [-0.39, 0.29) is 5.54 Å². The van der Waals surface area contributed by atoms with Crippen LogP contribution < -0.4 is 10.2 Å². The number of nitrogens with zero attached hydrogens (tertiary/aromatic N) is 3. The molecule has 2 aromatic heterocycles. The molecule has 20 heavy (non-hydrogen) atoms. The summed E-state index contributed by atoms with van der Waals surface area (Å²) in [5, 5.41) is 6.66. The van der Waals surface area contributed by atoms with Crippen LogP contribution in [0.15, 0.2) is 10.9 Å². The lowest BCUT2D eigenvalue weighted by Gasteiger charge is -2.20. The van der Waals surface area contributed by atoms with Crippen LogP contribution in [0, 0.1) is 6.92 Å². The Bertz CT molecular complexity index is 540. The number of nitrogens with one attached hydrogen (secondary N) is 1. The molecule has 110 valence electrons. The fourth-order valence-corrected chi connectivity index (χ4v) is 3.22. The molecule has 0 spiro atoms. The maximum atomic E-state index is 4.67. The second kappa shape index (κ2) is 6.20. The molecule has 2 rings (SSSR count). The van der Waals surface area contributed by atoms with Crippen LogP contribution in [0.3, 0.4) is 0 Å². The minimum Gasteiger partial charge on any atom is -0.345 e. The molecule has 0 aliphatic rings. The zero-order chi connectivity index (χ0) is 14.8. The molecule has 0 amide bonds. The molecule has 2 heterocycles. The summed E-state index contributed by atoms with van der Waals surface area (Å²) in [7, 11) is 2.07. The quantitative estimate of drug-likeness (QED) is 0.918. The maximum Gasteiger partial charge on any atom is 0.185 e. The van der Waals surface area contributed by atoms with Crippen molar-refractivity contribution in [2.24, 2.45) is 0 Å². The summed E-state index contributed by atoms with van der Waals surface area (Å²) in [5.41, 5.74) is 4.21. The summed E-state index contributed by atoms with van der Waals surface area (Å²) in [6.07, 6.45) is 0. The van der Waals surface area contributed by atoms with Gasteiger partial charge in [0.15, 0.2) is 5.13 Å². The third kappa shape index (κ3) is 4.26. The van der Waals surface area contributed by atoms with Gasteiger partial charge in [0.05, 0.1) is 23.4 Å². The highest BCUT2D eigenvalue weighted by Crippen LogP contribution is 2.26. The summed E-state index contributed by atoms with van der Waals surface area (Å²) < 4.78 is 0. The Balaban J connectivity index is 2.02. The van der Waals surface area contributed by atoms with E-state index < -0.39 is 0 Å². The monoisotopic (exact) mass is 310 g/mol. The third-order valence-corrected chi connectivity index (χ3v) is 4.78. The van der Waals surface area contributed by atoms with E-state index in [0.29, 0.717) is 0 Å². The van der Waals surface area contributed by atoms with Crippen LogP contribution >= 0.6 is 22.7 Å². The van der Waals surface area contributed by atoms with Crippen molar-refractivity contribution in [3.63, 3.8) is 0 Å². The van der Waals surface area contributed by atoms with Gasteiger partial charge in [0.1, 0.15) is 0 Å². The van der Waals surface area contributed by atoms with Gasteiger partial charge in [0.2, 0.25) is 0 Å². The Morgan fingerprint density at radius 1 is 1.35 bits per heavy atom. The van der Waals surface area contributed by atoms with E-state index >= 15 is 0 Å². The number of thiazole rings is 2. The first kappa shape index (κ1) is 15.4. The van der Waals surface area contributed by atoms with Gasteiger partial charge in [-0.1, -0.05) is 0 Å². The minimum atomic E-state index is 0.128. The number of aryl methyl sites for hydroxylation is 1. The van der Waals surface area contributed by atoms with Crippen molar-refractivity contribution in [2.75, 3.05) is 11.9 Å². The summed E-state index contributed by atoms with van der Waals surface area (Å²) in [6.45, 7) is 10.3. The predicted octanol–water partition coefficient (Wildman–Crippen LogP) is 3.43. The molecule has 0 aliphatic heterocycles. The van der Waals surface area contributed by atoms with Crippen molar-refractivity contribution >= 4 is 27.8 Å². The molecule has 0 fully saturated rings. The van der Waals surface area contributed by atoms with Crippen molar-refractivity contribution in [2.45, 2.75) is 46.3 Å². The second-order valence-electron chi connectivity index (χ2n) is 5.94. The molecule has 0 unspecified atom stereocenters. The highest BCUT2D eigenvalue weighted by atomic mass is 32.1. The molecule has 0 radical (unpaired) electrons. The van der Waals surface area contributed by atoms with Gasteiger partial charge >= 0.3 is 0 Å². The van der Waals surface area contributed by atoms with Crippen LogP contribution in [0.2, 0.25) is 0 Å². The van der Waals surface area contributed by atoms with Crippen LogP contribution in [0.4, 0.5) is 5.13 Å². The van der Waals surface area contributed by atoms with E-state index in [1.807, 2.05) is 5.51 Å². The first-order chi connectivity index (χ1) is 9.35. The molecule has 0 saturated carbocycles. The summed E-state index contributed by atoms with van der Waals surface area (Å²) in [5.74, 6) is 0. The van der Waals surface area contributed by atoms with Crippen LogP contribution in [0.5, 0.6) is 0 Å². The van der Waals surface area contributed by atoms with Crippen LogP contribution in [-0.2, 0) is 13.1 Å². The number of rotatable bonds is 5. The maximum absolute atomic E-state index is 4.67. The van der Waals surface area contributed by atoms with Gasteiger partial charge in [-0.2, -0.15) is 0 Å². The van der Waals surface area contributed by atoms with E-state index in [2.05, 4.69) is 60.3 Å². The zero-order valence-corrected chi connectivity index (χ0v) is 14.4. The van der Waals surface area contributed by atoms with E-state index in [0.717, 1.165) is 29.6 Å². The third-order valence-electron chi connectivity index (χ3n) is 2.87. The van der Waals surface area contributed by atoms with Crippen molar-refractivity contribution in [3.05, 3.63) is 27.2 Å². The van der Waals surface area contributed by atoms with Crippen molar-refractivity contribution in [3.8, 4) is 0 Å². The van der Waals surface area contributed by atoms with Crippen LogP contribution in [0.1, 0.15) is 37.0 Å². The Morgan fingerprint density at radius 3 is 2.70 bits per heavy atom. The van der Waals surface area contributed by atoms with Gasteiger partial charge in [-0.15, -0.1) is 22.7 Å². The molecule has 0 atom stereocenters. The minimum absolute atomic E-state index is 0.128. The Hall–Kier alpha value is -0.980. The average molecular weight is 310 g/mol. The van der Waals surface area contributed by atoms with Crippen LogP contribution in [-0.4, -0.2) is 22.6 Å². The molecular formula is C14H22N4S2. The molecular weight excluding hydrogens is 288 g/mol. The highest BCUT2D eigenvalue weighted by Gasteiger charge is 2.15. The fourth-order valence-electron chi connectivity index (χ4n) is 1.71. The summed E-state index contributed by atoms with van der Waals surface area (Å²) >= 11 is 3.39. The lowest BCUT2D eigenvalue weighted by molar-refractivity contribution is 0.425. The molecule has 6 heteroatoms. The normalized spacial score (nSPS) is 11.8. The number of aromatic nitrogens is 2. The number of anilines is 1. The van der Waals surface area contributed by atoms with Crippen LogP contribution in [0.25, 0.3) is 0 Å². The molecule has 0 bridgehead atoms. The topological polar surface area (TPSA) is 41.1 Å². The standard InChI is InChI=1S/C14H22N4S2/c1-10-12(6-16-14(2,3)4)20-13(17-10)18(5)7-11-8-19-9-15-11/h8-9,16H,6-7H2,1-5H3. The van der Waals surface area contributed by atoms with E-state index in [1.165, 1.54) is 4.88 Å². The second-order valence-corrected chi connectivity index (χ2v) is 7.73. The Morgan fingerprint density at radius 2 is 2.10 bits per heavy atom. The Labute approximate surface area is 128 Å². The van der Waals surface area contributed by atoms with Gasteiger partial charge in [-0.25, -0.2) is 9.97 Å². The van der Waals surface area contributed by atoms with Gasteiger partial charge in [-0.05, 0) is 27.7 Å². The molecule has 4 nitrogen and oxygen atoms in total. The Kier molecular flexibility index (Phi) is 4.78. The fraction of sp³-hybridized carbons (Fsp3) is 0.571. The number of hydrogen-bond donors (Lipinski definition) is 1. The first-order valence-electron chi connectivity index (χ1n) is 6.65. The summed E-state index contributed by atoms with van der Waals surface area (Å²) in [4.78, 5) is 12.5. The molecule has 0 saturated heterocycles. The summed E-state index contributed by atoms with van der Waals surface area (Å²) in [6, 6.07) is 0. The van der Waals surface area contributed by atoms with Crippen molar-refractivity contribution in [1.82, 2.24) is 15.3 Å². The van der Waals surface area contributed by atoms with Gasteiger partial charge in [0, 0.05) is 29.4 Å². The van der Waals surface area contributed by atoms with E-state index in [1.54, 1.807) is 22.7 Å². The molecule has 0 aliphatic carbocycles. The lowest BCUT2D eigenvalue weighted by atomic mass is 10.1. The molecule has 2 aromatic rings. The van der Waals surface area contributed by atoms with E-state index in [9.17, 15) is 0 Å². The van der Waals surface area contributed by atoms with Gasteiger partial charge in [-0.3, -0.25) is 0 Å². The zero-order valence-electron chi connectivity index (χ0n) is 12.7. The highest BCUT2D eigenvalue weighted by molar-refractivity contribution is 7.15. The predicted molar refractivity (Wildman–Crippen MR) is 87.7 cm³/mol. The largest absolute Gasteiger partial charge is 0.345 e. The van der Waals surface area contributed by atoms with Gasteiger partial charge < -0.3 is 10.2 Å². The van der Waals surface area contributed by atoms with Crippen molar-refractivity contribution < 1.29 is 0 Å². The average Bonchev–Trinajstić information content (AvgIpc) is 2.95. The molecule has 0 aromatic carbocycles. The number of hydrogen-bond acceptors (Lipinski definition) is 6. The van der Waals surface area contributed by atoms with E-state index in [4.69, 9.17) is 0 Å². The van der Waals surface area contributed by atoms with Gasteiger partial charge in [0.25, 0.3) is 0 Å².